The number of hydrogen-bond acceptors (Lipinski definition) is 2. The van der Waals surface area contributed by atoms with Crippen LogP contribution >= 0.6 is 0 Å². The van der Waals surface area contributed by atoms with Gasteiger partial charge in [-0.1, -0.05) is 12.1 Å². The summed E-state index contributed by atoms with van der Waals surface area (Å²) in [7, 11) is 0. The maximum atomic E-state index is 10.4. The molecular formula is C11H12O2. The Morgan fingerprint density at radius 3 is 2.77 bits per heavy atom. The molecule has 1 aromatic rings. The highest BCUT2D eigenvalue weighted by atomic mass is 16.3. The highest BCUT2D eigenvalue weighted by Crippen LogP contribution is 2.40. The number of aromatic hydroxyl groups is 1. The van der Waals surface area contributed by atoms with Crippen molar-refractivity contribution in [2.75, 3.05) is 0 Å². The van der Waals surface area contributed by atoms with Crippen molar-refractivity contribution in [3.8, 4) is 5.75 Å². The first-order chi connectivity index (χ1) is 6.29. The van der Waals surface area contributed by atoms with Gasteiger partial charge in [-0.3, -0.25) is 0 Å². The molecule has 1 N–H and O–H groups in total. The molecule has 0 amide bonds. The molecule has 0 saturated heterocycles. The van der Waals surface area contributed by atoms with Gasteiger partial charge in [-0.25, -0.2) is 0 Å². The molecular weight excluding hydrogens is 164 g/mol. The Bertz CT molecular complexity index is 314. The van der Waals surface area contributed by atoms with Gasteiger partial charge < -0.3 is 9.90 Å². The van der Waals surface area contributed by atoms with Crippen molar-refractivity contribution in [3.05, 3.63) is 29.8 Å². The minimum Gasteiger partial charge on any atom is -0.508 e. The number of benzene rings is 1. The summed E-state index contributed by atoms with van der Waals surface area (Å²) in [5.74, 6) is 1.03. The molecule has 1 fully saturated rings. The maximum Gasteiger partial charge on any atom is 0.123 e. The van der Waals surface area contributed by atoms with Gasteiger partial charge >= 0.3 is 0 Å². The number of carbonyl (C=O) groups is 1. The molecule has 1 aliphatic rings. The average Bonchev–Trinajstić information content (AvgIpc) is 2.02. The highest BCUT2D eigenvalue weighted by molar-refractivity contribution is 5.56. The molecule has 0 unspecified atom stereocenters. The second kappa shape index (κ2) is 3.21. The van der Waals surface area contributed by atoms with E-state index in [0.29, 0.717) is 11.7 Å². The number of aldehydes is 1. The fraction of sp³-hybridized carbons (Fsp3) is 0.364. The molecule has 0 atom stereocenters. The van der Waals surface area contributed by atoms with Crippen LogP contribution in [0.4, 0.5) is 0 Å². The molecule has 0 heterocycles. The molecule has 2 rings (SSSR count). The van der Waals surface area contributed by atoms with Gasteiger partial charge in [0.2, 0.25) is 0 Å². The number of carbonyl (C=O) groups excluding carboxylic acids is 1. The number of rotatable bonds is 2. The second-order valence-electron chi connectivity index (χ2n) is 3.66. The lowest BCUT2D eigenvalue weighted by atomic mass is 9.72. The largest absolute Gasteiger partial charge is 0.508 e. The summed E-state index contributed by atoms with van der Waals surface area (Å²) in [6.07, 6.45) is 2.90. The Hall–Kier alpha value is -1.31. The summed E-state index contributed by atoms with van der Waals surface area (Å²) in [5.41, 5.74) is 1.15. The van der Waals surface area contributed by atoms with Crippen LogP contribution in [0.3, 0.4) is 0 Å². The predicted octanol–water partition coefficient (Wildman–Crippen LogP) is 2.08. The lowest BCUT2D eigenvalue weighted by Gasteiger charge is -2.31. The molecule has 0 aromatic heterocycles. The molecule has 1 aromatic carbocycles. The monoisotopic (exact) mass is 176 g/mol. The van der Waals surface area contributed by atoms with Crippen molar-refractivity contribution in [1.82, 2.24) is 0 Å². The molecule has 1 saturated carbocycles. The summed E-state index contributed by atoms with van der Waals surface area (Å²) < 4.78 is 0. The van der Waals surface area contributed by atoms with Crippen molar-refractivity contribution in [2.45, 2.75) is 18.8 Å². The summed E-state index contributed by atoms with van der Waals surface area (Å²) in [6.45, 7) is 0. The van der Waals surface area contributed by atoms with Crippen LogP contribution in [-0.2, 0) is 4.79 Å². The highest BCUT2D eigenvalue weighted by Gasteiger charge is 2.29. The van der Waals surface area contributed by atoms with Gasteiger partial charge in [0.25, 0.3) is 0 Å². The summed E-state index contributed by atoms with van der Waals surface area (Å²) in [5, 5.41) is 9.24. The molecule has 0 radical (unpaired) electrons. The topological polar surface area (TPSA) is 37.3 Å². The van der Waals surface area contributed by atoms with Gasteiger partial charge in [-0.15, -0.1) is 0 Å². The van der Waals surface area contributed by atoms with E-state index in [4.69, 9.17) is 0 Å². The van der Waals surface area contributed by atoms with E-state index >= 15 is 0 Å². The quantitative estimate of drug-likeness (QED) is 0.700. The maximum absolute atomic E-state index is 10.4. The van der Waals surface area contributed by atoms with Gasteiger partial charge in [0.15, 0.2) is 0 Å². The Labute approximate surface area is 77.2 Å². The summed E-state index contributed by atoms with van der Waals surface area (Å²) in [4.78, 5) is 10.4. The minimum absolute atomic E-state index is 0.243. The standard InChI is InChI=1S/C11H12O2/c12-7-8-4-10(5-8)9-2-1-3-11(13)6-9/h1-3,6-8,10,13H,4-5H2. The van der Waals surface area contributed by atoms with Crippen LogP contribution in [0.1, 0.15) is 24.3 Å². The first-order valence-electron chi connectivity index (χ1n) is 4.54. The molecule has 0 spiro atoms. The van der Waals surface area contributed by atoms with E-state index < -0.39 is 0 Å². The number of phenolic OH excluding ortho intramolecular Hbond substituents is 1. The van der Waals surface area contributed by atoms with Crippen molar-refractivity contribution >= 4 is 6.29 Å². The number of phenols is 1. The Morgan fingerprint density at radius 1 is 1.38 bits per heavy atom. The Morgan fingerprint density at radius 2 is 2.15 bits per heavy atom. The number of hydrogen-bond donors (Lipinski definition) is 1. The zero-order chi connectivity index (χ0) is 9.26. The molecule has 1 aliphatic carbocycles. The van der Waals surface area contributed by atoms with Crippen LogP contribution in [0.25, 0.3) is 0 Å². The third-order valence-electron chi connectivity index (χ3n) is 2.71. The smallest absolute Gasteiger partial charge is 0.123 e. The van der Waals surface area contributed by atoms with Crippen molar-refractivity contribution < 1.29 is 9.90 Å². The van der Waals surface area contributed by atoms with E-state index in [-0.39, 0.29) is 5.92 Å². The van der Waals surface area contributed by atoms with Gasteiger partial charge in [0.05, 0.1) is 0 Å². The lowest BCUT2D eigenvalue weighted by molar-refractivity contribution is -0.113. The van der Waals surface area contributed by atoms with Crippen LogP contribution < -0.4 is 0 Å². The van der Waals surface area contributed by atoms with Crippen LogP contribution in [0.15, 0.2) is 24.3 Å². The fourth-order valence-corrected chi connectivity index (χ4v) is 1.82. The van der Waals surface area contributed by atoms with E-state index in [2.05, 4.69) is 0 Å². The summed E-state index contributed by atoms with van der Waals surface area (Å²) in [6, 6.07) is 7.30. The van der Waals surface area contributed by atoms with Crippen LogP contribution in [0.2, 0.25) is 0 Å². The SMILES string of the molecule is O=CC1CC(c2cccc(O)c2)C1. The van der Waals surface area contributed by atoms with Crippen molar-refractivity contribution in [1.29, 1.82) is 0 Å². The van der Waals surface area contributed by atoms with E-state index in [1.807, 2.05) is 12.1 Å². The Balaban J connectivity index is 2.07. The first kappa shape index (κ1) is 8.30. The van der Waals surface area contributed by atoms with E-state index in [0.717, 1.165) is 24.7 Å². The normalized spacial score (nSPS) is 26.5. The molecule has 2 heteroatoms. The zero-order valence-electron chi connectivity index (χ0n) is 7.31. The van der Waals surface area contributed by atoms with E-state index in [9.17, 15) is 9.90 Å². The van der Waals surface area contributed by atoms with Crippen molar-refractivity contribution in [2.24, 2.45) is 5.92 Å². The Kier molecular flexibility index (Phi) is 2.05. The van der Waals surface area contributed by atoms with Gasteiger partial charge in [-0.05, 0) is 36.5 Å². The van der Waals surface area contributed by atoms with Gasteiger partial charge in [0, 0.05) is 5.92 Å². The van der Waals surface area contributed by atoms with Crippen molar-refractivity contribution in [3.63, 3.8) is 0 Å². The molecule has 0 aliphatic heterocycles. The van der Waals surface area contributed by atoms with Crippen LogP contribution in [0.5, 0.6) is 5.75 Å². The van der Waals surface area contributed by atoms with E-state index in [1.165, 1.54) is 0 Å². The molecule has 13 heavy (non-hydrogen) atoms. The zero-order valence-corrected chi connectivity index (χ0v) is 7.31. The third-order valence-corrected chi connectivity index (χ3v) is 2.71. The third kappa shape index (κ3) is 1.57. The molecule has 2 nitrogen and oxygen atoms in total. The first-order valence-corrected chi connectivity index (χ1v) is 4.54. The molecule has 0 bridgehead atoms. The predicted molar refractivity (Wildman–Crippen MR) is 49.6 cm³/mol. The lowest BCUT2D eigenvalue weighted by Crippen LogP contribution is -2.22. The van der Waals surface area contributed by atoms with Crippen LogP contribution in [-0.4, -0.2) is 11.4 Å². The van der Waals surface area contributed by atoms with Gasteiger partial charge in [-0.2, -0.15) is 0 Å². The second-order valence-corrected chi connectivity index (χ2v) is 3.66. The van der Waals surface area contributed by atoms with Gasteiger partial charge in [0.1, 0.15) is 12.0 Å². The van der Waals surface area contributed by atoms with E-state index in [1.54, 1.807) is 12.1 Å². The molecule has 68 valence electrons. The minimum atomic E-state index is 0.243. The average molecular weight is 176 g/mol. The van der Waals surface area contributed by atoms with Crippen LogP contribution in [0, 0.1) is 5.92 Å². The fourth-order valence-electron chi connectivity index (χ4n) is 1.82. The summed E-state index contributed by atoms with van der Waals surface area (Å²) >= 11 is 0.